The molecule has 0 aliphatic carbocycles. The number of carbonyl (C=O) groups excluding carboxylic acids is 2. The summed E-state index contributed by atoms with van der Waals surface area (Å²) < 4.78 is 11.2. The molecule has 0 radical (unpaired) electrons. The van der Waals surface area contributed by atoms with Crippen molar-refractivity contribution in [3.63, 3.8) is 0 Å². The lowest BCUT2D eigenvalue weighted by atomic mass is 9.94. The molecule has 4 rings (SSSR count). The number of aryl methyl sites for hydroxylation is 1. The Morgan fingerprint density at radius 3 is 2.33 bits per heavy atom. The molecule has 2 aromatic rings. The minimum absolute atomic E-state index is 0.131. The normalized spacial score (nSPS) is 20.3. The predicted molar refractivity (Wildman–Crippen MR) is 139 cm³/mol. The Kier molecular flexibility index (Phi) is 8.44. The molecule has 2 aromatic carbocycles. The molecule has 7 nitrogen and oxygen atoms in total. The number of morpholine rings is 1. The van der Waals surface area contributed by atoms with Gasteiger partial charge >= 0.3 is 0 Å². The summed E-state index contributed by atoms with van der Waals surface area (Å²) in [6.07, 6.45) is 0.733. The number of hydrogen-bond acceptors (Lipinski definition) is 6. The Bertz CT molecular complexity index is 1090. The van der Waals surface area contributed by atoms with Crippen LogP contribution in [0.15, 0.2) is 54.1 Å². The molecule has 0 aromatic heterocycles. The summed E-state index contributed by atoms with van der Waals surface area (Å²) in [6, 6.07) is 14.1. The highest BCUT2D eigenvalue weighted by atomic mass is 16.5. The van der Waals surface area contributed by atoms with E-state index >= 15 is 0 Å². The van der Waals surface area contributed by atoms with Crippen molar-refractivity contribution in [3.05, 3.63) is 70.8 Å². The number of ketones is 1. The first-order valence-corrected chi connectivity index (χ1v) is 12.7. The molecule has 0 saturated carbocycles. The van der Waals surface area contributed by atoms with Gasteiger partial charge in [0.05, 0.1) is 31.4 Å². The summed E-state index contributed by atoms with van der Waals surface area (Å²) in [6.45, 7) is 11.2. The van der Waals surface area contributed by atoms with E-state index in [1.807, 2.05) is 31.2 Å². The van der Waals surface area contributed by atoms with Gasteiger partial charge in [0.25, 0.3) is 11.7 Å². The fourth-order valence-corrected chi connectivity index (χ4v) is 4.62. The van der Waals surface area contributed by atoms with Crippen LogP contribution >= 0.6 is 0 Å². The zero-order chi connectivity index (χ0) is 25.7. The highest BCUT2D eigenvalue weighted by Crippen LogP contribution is 2.39. The second kappa shape index (κ2) is 11.7. The molecule has 192 valence electrons. The van der Waals surface area contributed by atoms with E-state index in [4.69, 9.17) is 9.47 Å². The third-order valence-electron chi connectivity index (χ3n) is 6.62. The number of likely N-dealkylation sites (tertiary alicyclic amines) is 1. The lowest BCUT2D eigenvalue weighted by Gasteiger charge is -2.29. The van der Waals surface area contributed by atoms with Crippen LogP contribution in [0.2, 0.25) is 0 Å². The Morgan fingerprint density at radius 1 is 1.03 bits per heavy atom. The topological polar surface area (TPSA) is 79.3 Å². The number of rotatable bonds is 9. The number of hydrogen-bond donors (Lipinski definition) is 1. The number of aliphatic hydroxyl groups excluding tert-OH is 1. The van der Waals surface area contributed by atoms with Gasteiger partial charge in [-0.2, -0.15) is 0 Å². The van der Waals surface area contributed by atoms with E-state index in [-0.39, 0.29) is 11.3 Å². The molecule has 0 bridgehead atoms. The summed E-state index contributed by atoms with van der Waals surface area (Å²) in [5.74, 6) is -0.290. The van der Waals surface area contributed by atoms with Crippen LogP contribution in [0.5, 0.6) is 5.75 Å². The number of aliphatic hydroxyl groups is 1. The third kappa shape index (κ3) is 5.97. The molecule has 7 heteroatoms. The van der Waals surface area contributed by atoms with Crippen molar-refractivity contribution in [2.24, 2.45) is 5.92 Å². The Balaban J connectivity index is 1.61. The molecule has 1 atom stereocenters. The van der Waals surface area contributed by atoms with E-state index in [0.717, 1.165) is 50.4 Å². The molecule has 36 heavy (non-hydrogen) atoms. The van der Waals surface area contributed by atoms with E-state index in [1.54, 1.807) is 29.2 Å². The van der Waals surface area contributed by atoms with Gasteiger partial charge in [0.2, 0.25) is 0 Å². The molecule has 1 unspecified atom stereocenters. The van der Waals surface area contributed by atoms with E-state index < -0.39 is 17.7 Å². The van der Waals surface area contributed by atoms with Gasteiger partial charge in [0.1, 0.15) is 11.5 Å². The van der Waals surface area contributed by atoms with Crippen molar-refractivity contribution in [1.29, 1.82) is 0 Å². The first-order valence-electron chi connectivity index (χ1n) is 12.7. The zero-order valence-electron chi connectivity index (χ0n) is 21.4. The molecular formula is C29H36N2O5. The smallest absolute Gasteiger partial charge is 0.295 e. The lowest BCUT2D eigenvalue weighted by molar-refractivity contribution is -0.140. The fraction of sp³-hybridized carbons (Fsp3) is 0.448. The molecule has 2 aliphatic heterocycles. The number of amides is 1. The van der Waals surface area contributed by atoms with Crippen molar-refractivity contribution >= 4 is 17.4 Å². The van der Waals surface area contributed by atoms with Crippen LogP contribution in [-0.4, -0.2) is 72.6 Å². The number of Topliss-reactive ketones (excluding diaryl/α,β-unsaturated/α-hetero) is 1. The highest BCUT2D eigenvalue weighted by molar-refractivity contribution is 6.46. The second-order valence-electron chi connectivity index (χ2n) is 9.94. The first kappa shape index (κ1) is 25.9. The molecule has 1 N–H and O–H groups in total. The lowest BCUT2D eigenvalue weighted by Crippen LogP contribution is -2.38. The van der Waals surface area contributed by atoms with Gasteiger partial charge in [0, 0.05) is 31.7 Å². The minimum atomic E-state index is -0.649. The van der Waals surface area contributed by atoms with Gasteiger partial charge in [0.15, 0.2) is 0 Å². The molecular weight excluding hydrogens is 456 g/mol. The van der Waals surface area contributed by atoms with Gasteiger partial charge in [-0.25, -0.2) is 0 Å². The summed E-state index contributed by atoms with van der Waals surface area (Å²) in [5.41, 5.74) is 2.51. The SMILES string of the molecule is Cc1ccc(C2/C(=C(\O)c3ccc(OCC(C)C)cc3)C(=O)C(=O)N2CCCN2CCOCC2)cc1. The third-order valence-corrected chi connectivity index (χ3v) is 6.62. The van der Waals surface area contributed by atoms with Crippen molar-refractivity contribution in [2.45, 2.75) is 33.2 Å². The van der Waals surface area contributed by atoms with Crippen LogP contribution in [-0.2, 0) is 14.3 Å². The monoisotopic (exact) mass is 492 g/mol. The van der Waals surface area contributed by atoms with Crippen molar-refractivity contribution in [3.8, 4) is 5.75 Å². The van der Waals surface area contributed by atoms with Gasteiger partial charge in [-0.05, 0) is 49.1 Å². The first-order chi connectivity index (χ1) is 17.3. The molecule has 0 spiro atoms. The van der Waals surface area contributed by atoms with E-state index in [0.29, 0.717) is 30.4 Å². The summed E-state index contributed by atoms with van der Waals surface area (Å²) in [7, 11) is 0. The predicted octanol–water partition coefficient (Wildman–Crippen LogP) is 4.17. The van der Waals surface area contributed by atoms with Crippen LogP contribution in [0.1, 0.15) is 43.0 Å². The quantitative estimate of drug-likeness (QED) is 0.322. The van der Waals surface area contributed by atoms with Crippen molar-refractivity contribution in [2.75, 3.05) is 46.0 Å². The average molecular weight is 493 g/mol. The number of benzene rings is 2. The Hall–Kier alpha value is -3.16. The number of nitrogens with zero attached hydrogens (tertiary/aromatic N) is 2. The second-order valence-corrected chi connectivity index (χ2v) is 9.94. The molecule has 2 aliphatic rings. The van der Waals surface area contributed by atoms with Crippen molar-refractivity contribution in [1.82, 2.24) is 9.80 Å². The van der Waals surface area contributed by atoms with Crippen LogP contribution in [0.3, 0.4) is 0 Å². The zero-order valence-corrected chi connectivity index (χ0v) is 21.4. The number of carbonyl (C=O) groups is 2. The maximum atomic E-state index is 13.2. The Morgan fingerprint density at radius 2 is 1.69 bits per heavy atom. The summed E-state index contributed by atoms with van der Waals surface area (Å²) in [4.78, 5) is 30.3. The van der Waals surface area contributed by atoms with Crippen LogP contribution in [0.25, 0.3) is 5.76 Å². The van der Waals surface area contributed by atoms with Gasteiger partial charge < -0.3 is 19.5 Å². The van der Waals surface area contributed by atoms with E-state index in [1.165, 1.54) is 0 Å². The standard InChI is InChI=1S/C29H36N2O5/c1-20(2)19-36-24-11-9-23(10-12-24)27(32)25-26(22-7-5-21(3)6-8-22)31(29(34)28(25)33)14-4-13-30-15-17-35-18-16-30/h5-12,20,26,32H,4,13-19H2,1-3H3/b27-25+. The van der Waals surface area contributed by atoms with E-state index in [9.17, 15) is 14.7 Å². The Labute approximate surface area is 213 Å². The van der Waals surface area contributed by atoms with E-state index in [2.05, 4.69) is 18.7 Å². The van der Waals surface area contributed by atoms with Crippen molar-refractivity contribution < 1.29 is 24.2 Å². The average Bonchev–Trinajstić information content (AvgIpc) is 3.13. The number of ether oxygens (including phenoxy) is 2. The summed E-state index contributed by atoms with van der Waals surface area (Å²) in [5, 5.41) is 11.3. The maximum Gasteiger partial charge on any atom is 0.295 e. The van der Waals surface area contributed by atoms with Crippen LogP contribution < -0.4 is 4.74 Å². The van der Waals surface area contributed by atoms with Gasteiger partial charge in [-0.1, -0.05) is 43.7 Å². The van der Waals surface area contributed by atoms with Gasteiger partial charge in [-0.15, -0.1) is 0 Å². The minimum Gasteiger partial charge on any atom is -0.507 e. The molecule has 1 amide bonds. The van der Waals surface area contributed by atoms with Crippen LogP contribution in [0.4, 0.5) is 0 Å². The molecule has 2 fully saturated rings. The van der Waals surface area contributed by atoms with Gasteiger partial charge in [-0.3, -0.25) is 14.5 Å². The molecule has 2 saturated heterocycles. The van der Waals surface area contributed by atoms with Crippen LogP contribution in [0, 0.1) is 12.8 Å². The highest BCUT2D eigenvalue weighted by Gasteiger charge is 2.45. The fourth-order valence-electron chi connectivity index (χ4n) is 4.62. The maximum absolute atomic E-state index is 13.2. The molecule has 2 heterocycles. The largest absolute Gasteiger partial charge is 0.507 e. The summed E-state index contributed by atoms with van der Waals surface area (Å²) >= 11 is 0.